The number of hydrogen-bond acceptors (Lipinski definition) is 7. The molecule has 0 radical (unpaired) electrons. The van der Waals surface area contributed by atoms with Gasteiger partial charge in [0.2, 0.25) is 0 Å². The number of amides is 1. The van der Waals surface area contributed by atoms with Crippen molar-refractivity contribution in [1.29, 1.82) is 5.26 Å². The fourth-order valence-corrected chi connectivity index (χ4v) is 4.00. The molecule has 3 aromatic heterocycles. The van der Waals surface area contributed by atoms with E-state index in [1.807, 2.05) is 25.1 Å². The summed E-state index contributed by atoms with van der Waals surface area (Å²) in [5.41, 5.74) is 5.04. The highest BCUT2D eigenvalue weighted by Crippen LogP contribution is 2.39. The summed E-state index contributed by atoms with van der Waals surface area (Å²) in [4.78, 5) is 28.3. The molecule has 1 aliphatic heterocycles. The van der Waals surface area contributed by atoms with E-state index in [1.54, 1.807) is 24.7 Å². The van der Waals surface area contributed by atoms with Gasteiger partial charge < -0.3 is 15.0 Å². The number of pyridine rings is 3. The largest absolute Gasteiger partial charge is 0.378 e. The van der Waals surface area contributed by atoms with Gasteiger partial charge in [0.25, 0.3) is 5.91 Å². The number of hydrogen-bond donors (Lipinski definition) is 1. The molecule has 2 fully saturated rings. The topological polar surface area (TPSA) is 104 Å². The number of carbonyl (C=O) groups is 1. The van der Waals surface area contributed by atoms with Gasteiger partial charge in [-0.1, -0.05) is 0 Å². The summed E-state index contributed by atoms with van der Waals surface area (Å²) >= 11 is 0. The Balaban J connectivity index is 1.40. The van der Waals surface area contributed by atoms with Crippen molar-refractivity contribution in [3.8, 4) is 17.2 Å². The lowest BCUT2D eigenvalue weighted by Crippen LogP contribution is -2.37. The van der Waals surface area contributed by atoms with Crippen LogP contribution in [0.15, 0.2) is 42.9 Å². The number of aromatic nitrogens is 3. The molecule has 0 spiro atoms. The Morgan fingerprint density at radius 3 is 2.73 bits per heavy atom. The number of nitriles is 1. The predicted molar refractivity (Wildman–Crippen MR) is 124 cm³/mol. The maximum Gasteiger partial charge on any atom is 0.255 e. The molecular weight excluding hydrogens is 416 g/mol. The first kappa shape index (κ1) is 21.0. The summed E-state index contributed by atoms with van der Waals surface area (Å²) in [7, 11) is 0. The van der Waals surface area contributed by atoms with Crippen LogP contribution in [0.25, 0.3) is 11.1 Å². The highest BCUT2D eigenvalue weighted by atomic mass is 16.5. The van der Waals surface area contributed by atoms with Crippen LogP contribution in [-0.4, -0.2) is 47.2 Å². The molecule has 8 nitrogen and oxygen atoms in total. The van der Waals surface area contributed by atoms with Crippen LogP contribution < -0.4 is 10.2 Å². The summed E-state index contributed by atoms with van der Waals surface area (Å²) in [5.74, 6) is 0.950. The molecule has 0 unspecified atom stereocenters. The summed E-state index contributed by atoms with van der Waals surface area (Å²) in [5, 5.41) is 12.7. The van der Waals surface area contributed by atoms with E-state index in [1.165, 1.54) is 0 Å². The first-order valence-electron chi connectivity index (χ1n) is 11.1. The monoisotopic (exact) mass is 440 g/mol. The number of nitrogens with one attached hydrogen (secondary N) is 1. The van der Waals surface area contributed by atoms with Crippen LogP contribution in [0.3, 0.4) is 0 Å². The number of carbonyl (C=O) groups excluding carboxylic acids is 1. The molecule has 1 aliphatic carbocycles. The third-order valence-corrected chi connectivity index (χ3v) is 5.99. The molecule has 1 amide bonds. The average molecular weight is 441 g/mol. The maximum absolute atomic E-state index is 12.8. The third-order valence-electron chi connectivity index (χ3n) is 5.99. The van der Waals surface area contributed by atoms with Crippen molar-refractivity contribution in [2.24, 2.45) is 0 Å². The number of rotatable bonds is 5. The number of nitrogens with zero attached hydrogens (tertiary/aromatic N) is 5. The van der Waals surface area contributed by atoms with Gasteiger partial charge in [-0.3, -0.25) is 14.8 Å². The van der Waals surface area contributed by atoms with Crippen LogP contribution in [-0.2, 0) is 4.74 Å². The van der Waals surface area contributed by atoms with Gasteiger partial charge in [0.05, 0.1) is 30.7 Å². The Morgan fingerprint density at radius 2 is 1.97 bits per heavy atom. The van der Waals surface area contributed by atoms with E-state index in [4.69, 9.17) is 4.74 Å². The quantitative estimate of drug-likeness (QED) is 0.645. The number of aryl methyl sites for hydroxylation is 1. The molecule has 0 aromatic carbocycles. The standard InChI is InChI=1S/C25H24N6O2/c1-16-22(20-10-19(13-26)24(29-14-20)31-6-8-33-9-7-31)12-21(15-28-16)30-25(32)18-4-5-27-23(11-18)17-2-3-17/h4-5,10-12,14-15,17H,2-3,6-9H2,1H3,(H,30,32). The van der Waals surface area contributed by atoms with Crippen LogP contribution >= 0.6 is 0 Å². The highest BCUT2D eigenvalue weighted by molar-refractivity contribution is 6.04. The van der Waals surface area contributed by atoms with Crippen molar-refractivity contribution >= 4 is 17.4 Å². The minimum Gasteiger partial charge on any atom is -0.378 e. The van der Waals surface area contributed by atoms with Crippen molar-refractivity contribution in [3.63, 3.8) is 0 Å². The second-order valence-electron chi connectivity index (χ2n) is 8.36. The molecule has 0 atom stereocenters. The number of morpholine rings is 1. The van der Waals surface area contributed by atoms with Gasteiger partial charge in [-0.15, -0.1) is 0 Å². The molecule has 0 bridgehead atoms. The van der Waals surface area contributed by atoms with Gasteiger partial charge in [-0.2, -0.15) is 5.26 Å². The van der Waals surface area contributed by atoms with E-state index in [0.29, 0.717) is 54.9 Å². The fraction of sp³-hybridized carbons (Fsp3) is 0.320. The molecule has 3 aromatic rings. The minimum absolute atomic E-state index is 0.200. The number of ether oxygens (including phenoxy) is 1. The number of anilines is 2. The molecule has 1 saturated carbocycles. The molecule has 5 rings (SSSR count). The SMILES string of the molecule is Cc1ncc(NC(=O)c2ccnc(C3CC3)c2)cc1-c1cnc(N2CCOCC2)c(C#N)c1. The molecule has 1 saturated heterocycles. The maximum atomic E-state index is 12.8. The third kappa shape index (κ3) is 4.54. The van der Waals surface area contributed by atoms with Crippen LogP contribution in [0, 0.1) is 18.3 Å². The minimum atomic E-state index is -0.200. The van der Waals surface area contributed by atoms with E-state index >= 15 is 0 Å². The van der Waals surface area contributed by atoms with Crippen molar-refractivity contribution in [2.45, 2.75) is 25.7 Å². The average Bonchev–Trinajstić information content (AvgIpc) is 3.71. The van der Waals surface area contributed by atoms with Crippen LogP contribution in [0.5, 0.6) is 0 Å². The lowest BCUT2D eigenvalue weighted by Gasteiger charge is -2.28. The summed E-state index contributed by atoms with van der Waals surface area (Å²) in [6, 6.07) is 9.56. The Kier molecular flexibility index (Phi) is 5.71. The molecular formula is C25H24N6O2. The Labute approximate surface area is 192 Å². The van der Waals surface area contributed by atoms with Crippen LogP contribution in [0.1, 0.15) is 46.1 Å². The zero-order valence-corrected chi connectivity index (χ0v) is 18.4. The van der Waals surface area contributed by atoms with Crippen molar-refractivity contribution < 1.29 is 9.53 Å². The second-order valence-corrected chi connectivity index (χ2v) is 8.36. The van der Waals surface area contributed by atoms with E-state index in [0.717, 1.165) is 35.4 Å². The molecule has 1 N–H and O–H groups in total. The van der Waals surface area contributed by atoms with Gasteiger partial charge in [-0.25, -0.2) is 4.98 Å². The van der Waals surface area contributed by atoms with Crippen LogP contribution in [0.4, 0.5) is 11.5 Å². The van der Waals surface area contributed by atoms with Crippen molar-refractivity contribution in [2.75, 3.05) is 36.5 Å². The fourth-order valence-electron chi connectivity index (χ4n) is 4.00. The Hall–Kier alpha value is -3.83. The lowest BCUT2D eigenvalue weighted by atomic mass is 10.0. The van der Waals surface area contributed by atoms with Crippen molar-refractivity contribution in [1.82, 2.24) is 15.0 Å². The summed E-state index contributed by atoms with van der Waals surface area (Å²) in [6.45, 7) is 4.56. The van der Waals surface area contributed by atoms with Gasteiger partial charge in [-0.05, 0) is 44.0 Å². The summed E-state index contributed by atoms with van der Waals surface area (Å²) in [6.07, 6.45) is 7.34. The zero-order chi connectivity index (χ0) is 22.8. The van der Waals surface area contributed by atoms with Crippen molar-refractivity contribution in [3.05, 3.63) is 65.4 Å². The molecule has 166 valence electrons. The molecule has 8 heteroatoms. The van der Waals surface area contributed by atoms with Gasteiger partial charge in [0, 0.05) is 59.5 Å². The van der Waals surface area contributed by atoms with E-state index in [-0.39, 0.29) is 5.91 Å². The van der Waals surface area contributed by atoms with E-state index < -0.39 is 0 Å². The first-order valence-corrected chi connectivity index (χ1v) is 11.1. The summed E-state index contributed by atoms with van der Waals surface area (Å²) < 4.78 is 5.40. The molecule has 2 aliphatic rings. The lowest BCUT2D eigenvalue weighted by molar-refractivity contribution is 0.102. The predicted octanol–water partition coefficient (Wildman–Crippen LogP) is 3.69. The van der Waals surface area contributed by atoms with E-state index in [2.05, 4.69) is 31.2 Å². The highest BCUT2D eigenvalue weighted by Gasteiger charge is 2.25. The Morgan fingerprint density at radius 1 is 1.15 bits per heavy atom. The van der Waals surface area contributed by atoms with Gasteiger partial charge in [0.15, 0.2) is 0 Å². The molecule has 33 heavy (non-hydrogen) atoms. The van der Waals surface area contributed by atoms with Gasteiger partial charge in [0.1, 0.15) is 11.9 Å². The normalized spacial score (nSPS) is 15.7. The van der Waals surface area contributed by atoms with Crippen LogP contribution in [0.2, 0.25) is 0 Å². The zero-order valence-electron chi connectivity index (χ0n) is 18.4. The molecule has 4 heterocycles. The second kappa shape index (κ2) is 8.96. The first-order chi connectivity index (χ1) is 16.1. The Bertz CT molecular complexity index is 1240. The van der Waals surface area contributed by atoms with Gasteiger partial charge >= 0.3 is 0 Å². The van der Waals surface area contributed by atoms with E-state index in [9.17, 15) is 10.1 Å². The smallest absolute Gasteiger partial charge is 0.255 e.